The highest BCUT2D eigenvalue weighted by Gasteiger charge is 2.18. The first-order chi connectivity index (χ1) is 10.5. The molecule has 0 saturated carbocycles. The van der Waals surface area contributed by atoms with Crippen molar-refractivity contribution in [3.8, 4) is 6.07 Å². The van der Waals surface area contributed by atoms with Crippen molar-refractivity contribution in [3.05, 3.63) is 47.2 Å². The monoisotopic (exact) mass is 315 g/mol. The third-order valence-electron chi connectivity index (χ3n) is 3.33. The van der Waals surface area contributed by atoms with E-state index in [0.717, 1.165) is 6.42 Å². The second-order valence-electron chi connectivity index (χ2n) is 5.79. The van der Waals surface area contributed by atoms with Gasteiger partial charge in [0.1, 0.15) is 0 Å². The highest BCUT2D eigenvalue weighted by molar-refractivity contribution is 7.99. The molecule has 0 fully saturated rings. The molecule has 5 heteroatoms. The van der Waals surface area contributed by atoms with Crippen LogP contribution in [-0.4, -0.2) is 10.2 Å². The van der Waals surface area contributed by atoms with Crippen LogP contribution in [0.4, 0.5) is 0 Å². The number of benzene rings is 1. The van der Waals surface area contributed by atoms with Gasteiger partial charge in [-0.25, -0.2) is 0 Å². The number of nitriles is 1. The molecule has 0 amide bonds. The molecular weight excluding hydrogens is 294 g/mol. The number of rotatable bonds is 6. The van der Waals surface area contributed by atoms with E-state index >= 15 is 0 Å². The first-order valence-corrected chi connectivity index (χ1v) is 8.41. The second-order valence-corrected chi connectivity index (χ2v) is 7.47. The van der Waals surface area contributed by atoms with E-state index in [2.05, 4.69) is 44.0 Å². The highest BCUT2D eigenvalue weighted by Crippen LogP contribution is 2.39. The highest BCUT2D eigenvalue weighted by atomic mass is 32.2. The predicted octanol–water partition coefficient (Wildman–Crippen LogP) is 4.70. The summed E-state index contributed by atoms with van der Waals surface area (Å²) in [6, 6.07) is 9.84. The van der Waals surface area contributed by atoms with Crippen LogP contribution in [-0.2, 0) is 6.42 Å². The van der Waals surface area contributed by atoms with Gasteiger partial charge in [0.05, 0.1) is 16.9 Å². The zero-order valence-corrected chi connectivity index (χ0v) is 14.2. The van der Waals surface area contributed by atoms with E-state index in [1.807, 2.05) is 24.3 Å². The standard InChI is InChI=1S/C17H21N3OS/c1-11(2)9-16-19-20-17(21-16)13(4)22-12(3)15-7-5-14(10-18)6-8-15/h5-8,11-13H,9H2,1-4H3/t12-,13-/m1/s1. The molecule has 0 aliphatic heterocycles. The maximum Gasteiger partial charge on any atom is 0.229 e. The minimum atomic E-state index is 0.138. The van der Waals surface area contributed by atoms with Gasteiger partial charge in [0.25, 0.3) is 0 Å². The molecule has 0 N–H and O–H groups in total. The lowest BCUT2D eigenvalue weighted by molar-refractivity contribution is 0.426. The Morgan fingerprint density at radius 3 is 2.36 bits per heavy atom. The van der Waals surface area contributed by atoms with E-state index in [4.69, 9.17) is 9.68 Å². The summed E-state index contributed by atoms with van der Waals surface area (Å²) in [4.78, 5) is 0. The fourth-order valence-corrected chi connectivity index (χ4v) is 3.27. The summed E-state index contributed by atoms with van der Waals surface area (Å²) in [5.74, 6) is 1.90. The zero-order chi connectivity index (χ0) is 16.1. The summed E-state index contributed by atoms with van der Waals surface area (Å²) >= 11 is 1.77. The van der Waals surface area contributed by atoms with Gasteiger partial charge in [-0.05, 0) is 37.5 Å². The number of hydrogen-bond donors (Lipinski definition) is 0. The minimum absolute atomic E-state index is 0.138. The van der Waals surface area contributed by atoms with Gasteiger partial charge >= 0.3 is 0 Å². The summed E-state index contributed by atoms with van der Waals surface area (Å²) in [6.45, 7) is 8.50. The van der Waals surface area contributed by atoms with E-state index in [0.29, 0.717) is 28.5 Å². The van der Waals surface area contributed by atoms with Crippen molar-refractivity contribution in [3.63, 3.8) is 0 Å². The molecule has 116 valence electrons. The van der Waals surface area contributed by atoms with Crippen LogP contribution in [0.1, 0.15) is 61.1 Å². The van der Waals surface area contributed by atoms with Crippen LogP contribution in [0.5, 0.6) is 0 Å². The van der Waals surface area contributed by atoms with Crippen LogP contribution < -0.4 is 0 Å². The van der Waals surface area contributed by atoms with Gasteiger partial charge in [-0.15, -0.1) is 22.0 Å². The molecule has 0 spiro atoms. The number of aromatic nitrogens is 2. The Bertz CT molecular complexity index is 643. The molecule has 0 bridgehead atoms. The molecule has 0 saturated heterocycles. The van der Waals surface area contributed by atoms with Crippen molar-refractivity contribution in [1.82, 2.24) is 10.2 Å². The van der Waals surface area contributed by atoms with Gasteiger partial charge in [0.15, 0.2) is 0 Å². The third-order valence-corrected chi connectivity index (χ3v) is 4.62. The van der Waals surface area contributed by atoms with Gasteiger partial charge < -0.3 is 4.42 Å². The zero-order valence-electron chi connectivity index (χ0n) is 13.4. The van der Waals surface area contributed by atoms with Crippen LogP contribution in [0.15, 0.2) is 28.7 Å². The summed E-state index contributed by atoms with van der Waals surface area (Å²) in [6.07, 6.45) is 0.815. The maximum atomic E-state index is 8.84. The maximum absolute atomic E-state index is 8.84. The first-order valence-electron chi connectivity index (χ1n) is 7.47. The van der Waals surface area contributed by atoms with Crippen LogP contribution in [0.25, 0.3) is 0 Å². The Kier molecular flexibility index (Phi) is 5.62. The molecule has 0 radical (unpaired) electrons. The molecule has 2 atom stereocenters. The molecule has 4 nitrogen and oxygen atoms in total. The predicted molar refractivity (Wildman–Crippen MR) is 88.4 cm³/mol. The molecule has 0 aliphatic rings. The fourth-order valence-electron chi connectivity index (χ4n) is 2.13. The Balaban J connectivity index is 1.99. The number of nitrogens with zero attached hydrogens (tertiary/aromatic N) is 3. The van der Waals surface area contributed by atoms with E-state index < -0.39 is 0 Å². The summed E-state index contributed by atoms with van der Waals surface area (Å²) in [5, 5.41) is 17.6. The van der Waals surface area contributed by atoms with Crippen LogP contribution in [0.3, 0.4) is 0 Å². The van der Waals surface area contributed by atoms with Crippen molar-refractivity contribution in [1.29, 1.82) is 5.26 Å². The summed E-state index contributed by atoms with van der Waals surface area (Å²) < 4.78 is 5.74. The van der Waals surface area contributed by atoms with Crippen LogP contribution in [0.2, 0.25) is 0 Å². The lowest BCUT2D eigenvalue weighted by Gasteiger charge is -2.15. The quantitative estimate of drug-likeness (QED) is 0.773. The largest absolute Gasteiger partial charge is 0.424 e. The molecule has 0 unspecified atom stereocenters. The Morgan fingerprint density at radius 2 is 1.77 bits per heavy atom. The average molecular weight is 315 g/mol. The van der Waals surface area contributed by atoms with Crippen LogP contribution in [0, 0.1) is 17.2 Å². The van der Waals surface area contributed by atoms with Crippen molar-refractivity contribution in [2.75, 3.05) is 0 Å². The topological polar surface area (TPSA) is 62.7 Å². The Hall–Kier alpha value is -1.80. The SMILES string of the molecule is CC(C)Cc1nnc([C@@H](C)S[C@H](C)c2ccc(C#N)cc2)o1. The molecule has 1 heterocycles. The molecular formula is C17H21N3OS. The van der Waals surface area contributed by atoms with Gasteiger partial charge in [-0.2, -0.15) is 5.26 Å². The van der Waals surface area contributed by atoms with Crippen LogP contribution >= 0.6 is 11.8 Å². The normalized spacial score (nSPS) is 13.8. The van der Waals surface area contributed by atoms with Crippen molar-refractivity contribution in [2.24, 2.45) is 5.92 Å². The third kappa shape index (κ3) is 4.35. The van der Waals surface area contributed by atoms with Gasteiger partial charge in [-0.1, -0.05) is 26.0 Å². The minimum Gasteiger partial charge on any atom is -0.424 e. The lowest BCUT2D eigenvalue weighted by atomic mass is 10.1. The average Bonchev–Trinajstić information content (AvgIpc) is 2.95. The molecule has 22 heavy (non-hydrogen) atoms. The summed E-state index contributed by atoms with van der Waals surface area (Å²) in [7, 11) is 0. The molecule has 1 aromatic heterocycles. The van der Waals surface area contributed by atoms with Gasteiger partial charge in [0, 0.05) is 11.7 Å². The van der Waals surface area contributed by atoms with Crippen molar-refractivity contribution >= 4 is 11.8 Å². The summed E-state index contributed by atoms with van der Waals surface area (Å²) in [5.41, 5.74) is 1.88. The molecule has 0 aliphatic carbocycles. The fraction of sp³-hybridized carbons (Fsp3) is 0.471. The lowest BCUT2D eigenvalue weighted by Crippen LogP contribution is -1.95. The molecule has 2 aromatic rings. The second kappa shape index (κ2) is 7.46. The first kappa shape index (κ1) is 16.6. The molecule has 2 rings (SSSR count). The van der Waals surface area contributed by atoms with E-state index in [1.54, 1.807) is 11.8 Å². The number of thioether (sulfide) groups is 1. The van der Waals surface area contributed by atoms with Gasteiger partial charge in [0.2, 0.25) is 11.8 Å². The Morgan fingerprint density at radius 1 is 1.09 bits per heavy atom. The molecule has 1 aromatic carbocycles. The van der Waals surface area contributed by atoms with E-state index in [1.165, 1.54) is 5.56 Å². The number of hydrogen-bond acceptors (Lipinski definition) is 5. The van der Waals surface area contributed by atoms with Gasteiger partial charge in [-0.3, -0.25) is 0 Å². The Labute approximate surface area is 135 Å². The van der Waals surface area contributed by atoms with E-state index in [9.17, 15) is 0 Å². The van der Waals surface area contributed by atoms with Crippen molar-refractivity contribution < 1.29 is 4.42 Å². The van der Waals surface area contributed by atoms with E-state index in [-0.39, 0.29) is 5.25 Å². The smallest absolute Gasteiger partial charge is 0.229 e. The van der Waals surface area contributed by atoms with Crippen molar-refractivity contribution in [2.45, 2.75) is 44.6 Å².